The van der Waals surface area contributed by atoms with Gasteiger partial charge in [0.15, 0.2) is 0 Å². The predicted molar refractivity (Wildman–Crippen MR) is 87.7 cm³/mol. The second kappa shape index (κ2) is 10.00. The number of aliphatic hydroxyl groups excluding tert-OH is 3. The van der Waals surface area contributed by atoms with Crippen LogP contribution < -0.4 is 16.4 Å². The summed E-state index contributed by atoms with van der Waals surface area (Å²) in [6.45, 7) is 2.40. The summed E-state index contributed by atoms with van der Waals surface area (Å²) in [6, 6.07) is -0.723. The molecule has 1 unspecified atom stereocenters. The zero-order valence-electron chi connectivity index (χ0n) is 14.4. The molecule has 0 saturated carbocycles. The lowest BCUT2D eigenvalue weighted by atomic mass is 9.89. The highest BCUT2D eigenvalue weighted by Crippen LogP contribution is 2.25. The molecular formula is C15H29N3O7. The van der Waals surface area contributed by atoms with E-state index in [9.17, 15) is 24.9 Å². The first-order valence-corrected chi connectivity index (χ1v) is 8.31. The van der Waals surface area contributed by atoms with Gasteiger partial charge in [0.1, 0.15) is 23.9 Å². The summed E-state index contributed by atoms with van der Waals surface area (Å²) < 4.78 is 5.43. The summed E-state index contributed by atoms with van der Waals surface area (Å²) in [6.07, 6.45) is -2.74. The molecule has 0 aliphatic carbocycles. The van der Waals surface area contributed by atoms with Crippen molar-refractivity contribution in [3.63, 3.8) is 0 Å². The van der Waals surface area contributed by atoms with Crippen molar-refractivity contribution < 1.29 is 34.8 Å². The first-order valence-electron chi connectivity index (χ1n) is 8.31. The number of aliphatic carboxylic acids is 1. The molecule has 0 aromatic heterocycles. The maximum absolute atomic E-state index is 11.6. The zero-order chi connectivity index (χ0) is 19.0. The van der Waals surface area contributed by atoms with Gasteiger partial charge in [-0.3, -0.25) is 9.59 Å². The Morgan fingerprint density at radius 1 is 1.32 bits per heavy atom. The number of nitrogens with two attached hydrogens (primary N) is 1. The smallest absolute Gasteiger partial charge is 0.305 e. The first-order chi connectivity index (χ1) is 11.7. The number of carbonyl (C=O) groups excluding carboxylic acids is 1. The Bertz CT molecular complexity index is 451. The molecule has 0 radical (unpaired) electrons. The third kappa shape index (κ3) is 6.84. The number of ether oxygens (including phenoxy) is 1. The lowest BCUT2D eigenvalue weighted by Gasteiger charge is -2.43. The maximum Gasteiger partial charge on any atom is 0.305 e. The monoisotopic (exact) mass is 363 g/mol. The number of carboxylic acid groups (broad SMARTS) is 1. The molecular weight excluding hydrogens is 334 g/mol. The molecule has 1 rings (SSSR count). The van der Waals surface area contributed by atoms with Crippen LogP contribution in [0.4, 0.5) is 0 Å². The molecule has 10 nitrogen and oxygen atoms in total. The molecule has 10 heteroatoms. The fraction of sp³-hybridized carbons (Fsp3) is 0.867. The molecule has 25 heavy (non-hydrogen) atoms. The Balaban J connectivity index is 2.20. The Morgan fingerprint density at radius 2 is 2.00 bits per heavy atom. The molecule has 0 bridgehead atoms. The van der Waals surface area contributed by atoms with E-state index in [1.807, 2.05) is 0 Å². The SMILES string of the molecule is CC1(CNCCC[C@H](N)C(=O)NCCC(=O)O)OC[C@@H](O)[C@@H](O)[C@@H]1O. The van der Waals surface area contributed by atoms with Crippen LogP contribution >= 0.6 is 0 Å². The molecule has 0 spiro atoms. The van der Waals surface area contributed by atoms with Crippen LogP contribution in [-0.4, -0.2) is 88.5 Å². The number of carboxylic acids is 1. The fourth-order valence-corrected chi connectivity index (χ4v) is 2.53. The van der Waals surface area contributed by atoms with E-state index in [4.69, 9.17) is 15.6 Å². The Hall–Kier alpha value is -1.30. The Labute approximate surface area is 146 Å². The van der Waals surface area contributed by atoms with Crippen LogP contribution in [0.3, 0.4) is 0 Å². The van der Waals surface area contributed by atoms with Gasteiger partial charge in [0.2, 0.25) is 5.91 Å². The number of amides is 1. The van der Waals surface area contributed by atoms with Gasteiger partial charge >= 0.3 is 5.97 Å². The number of carbonyl (C=O) groups is 2. The average molecular weight is 363 g/mol. The van der Waals surface area contributed by atoms with Crippen molar-refractivity contribution in [3.8, 4) is 0 Å². The fourth-order valence-electron chi connectivity index (χ4n) is 2.53. The molecule has 8 N–H and O–H groups in total. The molecule has 1 heterocycles. The van der Waals surface area contributed by atoms with Crippen LogP contribution in [0.15, 0.2) is 0 Å². The topological polar surface area (TPSA) is 174 Å². The highest BCUT2D eigenvalue weighted by molar-refractivity contribution is 5.81. The lowest BCUT2D eigenvalue weighted by molar-refractivity contribution is -0.227. The maximum atomic E-state index is 11.6. The van der Waals surface area contributed by atoms with Crippen molar-refractivity contribution >= 4 is 11.9 Å². The van der Waals surface area contributed by atoms with Gasteiger partial charge in [0.05, 0.1) is 19.1 Å². The van der Waals surface area contributed by atoms with E-state index in [2.05, 4.69) is 10.6 Å². The predicted octanol–water partition coefficient (Wildman–Crippen LogP) is -2.85. The molecule has 1 amide bonds. The normalized spacial score (nSPS) is 30.7. The van der Waals surface area contributed by atoms with Crippen LogP contribution in [-0.2, 0) is 14.3 Å². The number of hydrogen-bond donors (Lipinski definition) is 7. The van der Waals surface area contributed by atoms with Crippen molar-refractivity contribution in [2.45, 2.75) is 56.1 Å². The average Bonchev–Trinajstić information content (AvgIpc) is 2.56. The molecule has 1 aliphatic heterocycles. The highest BCUT2D eigenvalue weighted by atomic mass is 16.5. The van der Waals surface area contributed by atoms with Crippen LogP contribution in [0.2, 0.25) is 0 Å². The van der Waals surface area contributed by atoms with Gasteiger partial charge in [-0.2, -0.15) is 0 Å². The highest BCUT2D eigenvalue weighted by Gasteiger charge is 2.45. The van der Waals surface area contributed by atoms with E-state index in [0.29, 0.717) is 19.4 Å². The van der Waals surface area contributed by atoms with Gasteiger partial charge in [0, 0.05) is 13.1 Å². The number of nitrogens with one attached hydrogen (secondary N) is 2. The number of rotatable bonds is 10. The summed E-state index contributed by atoms with van der Waals surface area (Å²) in [5.41, 5.74) is 4.71. The van der Waals surface area contributed by atoms with Gasteiger partial charge in [-0.1, -0.05) is 0 Å². The number of aliphatic hydroxyl groups is 3. The third-order valence-corrected chi connectivity index (χ3v) is 4.25. The van der Waals surface area contributed by atoms with Gasteiger partial charge in [0.25, 0.3) is 0 Å². The van der Waals surface area contributed by atoms with Gasteiger partial charge in [-0.05, 0) is 26.3 Å². The first kappa shape index (κ1) is 21.7. The summed E-state index contributed by atoms with van der Waals surface area (Å²) in [5.74, 6) is -1.38. The van der Waals surface area contributed by atoms with Crippen LogP contribution in [0.1, 0.15) is 26.2 Å². The second-order valence-electron chi connectivity index (χ2n) is 6.49. The lowest BCUT2D eigenvalue weighted by Crippen LogP contribution is -2.62. The molecule has 146 valence electrons. The van der Waals surface area contributed by atoms with E-state index in [1.54, 1.807) is 6.92 Å². The Kier molecular flexibility index (Phi) is 8.69. The zero-order valence-corrected chi connectivity index (χ0v) is 14.4. The van der Waals surface area contributed by atoms with Gasteiger partial charge in [-0.15, -0.1) is 0 Å². The standard InChI is InChI=1S/C15H29N3O7/c1-15(13(23)12(22)10(19)7-25-15)8-17-5-2-3-9(16)14(24)18-6-4-11(20)21/h9-10,12-13,17,19,22-23H,2-8,16H2,1H3,(H,18,24)(H,20,21)/t9-,10+,12+,13-,15?/m0/s1. The van der Waals surface area contributed by atoms with Crippen molar-refractivity contribution in [2.75, 3.05) is 26.2 Å². The quantitative estimate of drug-likeness (QED) is 0.201. The minimum absolute atomic E-state index is 0.0435. The van der Waals surface area contributed by atoms with Crippen molar-refractivity contribution in [3.05, 3.63) is 0 Å². The third-order valence-electron chi connectivity index (χ3n) is 4.25. The van der Waals surface area contributed by atoms with Crippen molar-refractivity contribution in [1.29, 1.82) is 0 Å². The van der Waals surface area contributed by atoms with Crippen LogP contribution in [0.25, 0.3) is 0 Å². The van der Waals surface area contributed by atoms with Gasteiger partial charge < -0.3 is 41.5 Å². The minimum atomic E-state index is -1.26. The Morgan fingerprint density at radius 3 is 2.64 bits per heavy atom. The van der Waals surface area contributed by atoms with Crippen molar-refractivity contribution in [2.24, 2.45) is 5.73 Å². The second-order valence-corrected chi connectivity index (χ2v) is 6.49. The van der Waals surface area contributed by atoms with E-state index >= 15 is 0 Å². The van der Waals surface area contributed by atoms with Crippen LogP contribution in [0.5, 0.6) is 0 Å². The molecule has 0 aromatic carbocycles. The van der Waals surface area contributed by atoms with E-state index in [1.165, 1.54) is 0 Å². The van der Waals surface area contributed by atoms with Crippen molar-refractivity contribution in [1.82, 2.24) is 10.6 Å². The van der Waals surface area contributed by atoms with Crippen LogP contribution in [0, 0.1) is 0 Å². The summed E-state index contributed by atoms with van der Waals surface area (Å²) in [7, 11) is 0. The molecule has 1 fully saturated rings. The van der Waals surface area contributed by atoms with E-state index in [0.717, 1.165) is 0 Å². The summed E-state index contributed by atoms with van der Waals surface area (Å²) in [5, 5.41) is 43.2. The summed E-state index contributed by atoms with van der Waals surface area (Å²) in [4.78, 5) is 22.0. The molecule has 1 aliphatic rings. The van der Waals surface area contributed by atoms with E-state index in [-0.39, 0.29) is 26.1 Å². The molecule has 5 atom stereocenters. The van der Waals surface area contributed by atoms with Gasteiger partial charge in [-0.25, -0.2) is 0 Å². The van der Waals surface area contributed by atoms with E-state index < -0.39 is 41.8 Å². The minimum Gasteiger partial charge on any atom is -0.481 e. The molecule has 1 saturated heterocycles. The summed E-state index contributed by atoms with van der Waals surface area (Å²) >= 11 is 0. The number of hydrogen-bond acceptors (Lipinski definition) is 8. The largest absolute Gasteiger partial charge is 0.481 e. The molecule has 0 aromatic rings.